The molecule has 0 N–H and O–H groups in total. The van der Waals surface area contributed by atoms with Crippen molar-refractivity contribution in [2.24, 2.45) is 0 Å². The molecule has 1 aromatic heterocycles. The van der Waals surface area contributed by atoms with Gasteiger partial charge in [0.1, 0.15) is 5.01 Å². The average molecular weight is 322 g/mol. The summed E-state index contributed by atoms with van der Waals surface area (Å²) in [7, 11) is 0. The van der Waals surface area contributed by atoms with E-state index in [0.29, 0.717) is 13.1 Å². The number of amides is 1. The molecule has 0 spiro atoms. The van der Waals surface area contributed by atoms with Crippen molar-refractivity contribution in [2.75, 3.05) is 0 Å². The molecular formula is C19H18N2OS. The topological polar surface area (TPSA) is 33.2 Å². The van der Waals surface area contributed by atoms with Crippen LogP contribution >= 0.6 is 11.3 Å². The molecule has 1 amide bonds. The number of thiazole rings is 1. The molecule has 3 aromatic rings. The zero-order chi connectivity index (χ0) is 16.1. The van der Waals surface area contributed by atoms with Gasteiger partial charge in [0.25, 0.3) is 5.91 Å². The largest absolute Gasteiger partial charge is 0.328 e. The first-order valence-electron chi connectivity index (χ1n) is 7.50. The summed E-state index contributed by atoms with van der Waals surface area (Å²) in [5.41, 5.74) is 2.92. The Morgan fingerprint density at radius 2 is 1.91 bits per heavy atom. The zero-order valence-corrected chi connectivity index (χ0v) is 13.8. The van der Waals surface area contributed by atoms with Crippen molar-refractivity contribution in [3.63, 3.8) is 0 Å². The number of carbonyl (C=O) groups excluding carboxylic acids is 1. The summed E-state index contributed by atoms with van der Waals surface area (Å²) in [5, 5.41) is 2.88. The first kappa shape index (κ1) is 15.4. The quantitative estimate of drug-likeness (QED) is 0.702. The van der Waals surface area contributed by atoms with E-state index in [-0.39, 0.29) is 5.91 Å². The van der Waals surface area contributed by atoms with E-state index in [2.05, 4.69) is 4.98 Å². The van der Waals surface area contributed by atoms with Crippen molar-refractivity contribution >= 4 is 17.2 Å². The molecular weight excluding hydrogens is 304 g/mol. The molecule has 4 heteroatoms. The second kappa shape index (κ2) is 7.20. The second-order valence-electron chi connectivity index (χ2n) is 5.44. The van der Waals surface area contributed by atoms with Gasteiger partial charge in [0.15, 0.2) is 0 Å². The van der Waals surface area contributed by atoms with Gasteiger partial charge in [0.05, 0.1) is 6.54 Å². The van der Waals surface area contributed by atoms with Crippen molar-refractivity contribution in [1.29, 1.82) is 0 Å². The number of rotatable bonds is 5. The van der Waals surface area contributed by atoms with Gasteiger partial charge in [-0.3, -0.25) is 4.79 Å². The van der Waals surface area contributed by atoms with E-state index < -0.39 is 0 Å². The van der Waals surface area contributed by atoms with Gasteiger partial charge in [0.2, 0.25) is 0 Å². The van der Waals surface area contributed by atoms with Gasteiger partial charge in [-0.15, -0.1) is 11.3 Å². The van der Waals surface area contributed by atoms with E-state index >= 15 is 0 Å². The van der Waals surface area contributed by atoms with E-state index in [9.17, 15) is 4.79 Å². The van der Waals surface area contributed by atoms with Crippen molar-refractivity contribution in [2.45, 2.75) is 20.0 Å². The van der Waals surface area contributed by atoms with Crippen LogP contribution in [0.1, 0.15) is 26.5 Å². The lowest BCUT2D eigenvalue weighted by molar-refractivity contribution is 0.0730. The Hall–Kier alpha value is -2.46. The molecule has 0 aliphatic rings. The van der Waals surface area contributed by atoms with E-state index in [1.54, 1.807) is 17.5 Å². The molecule has 0 aliphatic carbocycles. The van der Waals surface area contributed by atoms with E-state index in [0.717, 1.165) is 21.7 Å². The number of aromatic nitrogens is 1. The molecule has 0 bridgehead atoms. The Morgan fingerprint density at radius 1 is 1.09 bits per heavy atom. The molecule has 0 saturated heterocycles. The fourth-order valence-corrected chi connectivity index (χ4v) is 3.09. The lowest BCUT2D eigenvalue weighted by atomic mass is 10.1. The summed E-state index contributed by atoms with van der Waals surface area (Å²) < 4.78 is 0. The SMILES string of the molecule is Cc1cccc(C(=O)N(Cc2ccccc2)Cc2nccs2)c1. The Morgan fingerprint density at radius 3 is 2.61 bits per heavy atom. The third kappa shape index (κ3) is 4.05. The Labute approximate surface area is 140 Å². The van der Waals surface area contributed by atoms with E-state index in [1.165, 1.54) is 0 Å². The third-order valence-electron chi connectivity index (χ3n) is 3.58. The monoisotopic (exact) mass is 322 g/mol. The van der Waals surface area contributed by atoms with Crippen molar-refractivity contribution in [1.82, 2.24) is 9.88 Å². The smallest absolute Gasteiger partial charge is 0.254 e. The Kier molecular flexibility index (Phi) is 4.83. The Balaban J connectivity index is 1.86. The molecule has 116 valence electrons. The summed E-state index contributed by atoms with van der Waals surface area (Å²) in [6.07, 6.45) is 1.78. The number of nitrogens with zero attached hydrogens (tertiary/aromatic N) is 2. The molecule has 0 radical (unpaired) electrons. The normalized spacial score (nSPS) is 10.5. The van der Waals surface area contributed by atoms with Gasteiger partial charge in [-0.25, -0.2) is 4.98 Å². The van der Waals surface area contributed by atoms with Crippen molar-refractivity contribution < 1.29 is 4.79 Å². The van der Waals surface area contributed by atoms with Crippen molar-refractivity contribution in [3.8, 4) is 0 Å². The molecule has 0 unspecified atom stereocenters. The van der Waals surface area contributed by atoms with Crippen LogP contribution in [0.4, 0.5) is 0 Å². The number of hydrogen-bond donors (Lipinski definition) is 0. The van der Waals surface area contributed by atoms with Crippen LogP contribution < -0.4 is 0 Å². The standard InChI is InChI=1S/C19H18N2OS/c1-15-6-5-9-17(12-15)19(22)21(14-18-20-10-11-23-18)13-16-7-3-2-4-8-16/h2-12H,13-14H2,1H3. The molecule has 1 heterocycles. The van der Waals surface area contributed by atoms with Crippen LogP contribution in [-0.2, 0) is 13.1 Å². The highest BCUT2D eigenvalue weighted by Gasteiger charge is 2.17. The first-order valence-corrected chi connectivity index (χ1v) is 8.38. The molecule has 0 aliphatic heterocycles. The zero-order valence-electron chi connectivity index (χ0n) is 13.0. The highest BCUT2D eigenvalue weighted by Crippen LogP contribution is 2.16. The first-order chi connectivity index (χ1) is 11.2. The van der Waals surface area contributed by atoms with Crippen LogP contribution in [0.5, 0.6) is 0 Å². The molecule has 2 aromatic carbocycles. The van der Waals surface area contributed by atoms with Crippen LogP contribution in [0.3, 0.4) is 0 Å². The number of aryl methyl sites for hydroxylation is 1. The van der Waals surface area contributed by atoms with Crippen LogP contribution in [0.25, 0.3) is 0 Å². The van der Waals surface area contributed by atoms with Crippen LogP contribution in [0.15, 0.2) is 66.2 Å². The molecule has 0 saturated carbocycles. The van der Waals surface area contributed by atoms with Crippen LogP contribution in [0, 0.1) is 6.92 Å². The minimum Gasteiger partial charge on any atom is -0.328 e. The summed E-state index contributed by atoms with van der Waals surface area (Å²) in [6, 6.07) is 17.8. The fourth-order valence-electron chi connectivity index (χ4n) is 2.46. The summed E-state index contributed by atoms with van der Waals surface area (Å²) in [4.78, 5) is 19.1. The van der Waals surface area contributed by atoms with Gasteiger partial charge in [0, 0.05) is 23.7 Å². The van der Waals surface area contributed by atoms with Gasteiger partial charge in [-0.1, -0.05) is 48.0 Å². The van der Waals surface area contributed by atoms with E-state index in [1.807, 2.05) is 71.8 Å². The summed E-state index contributed by atoms with van der Waals surface area (Å²) in [5.74, 6) is 0.0350. The van der Waals surface area contributed by atoms with Gasteiger partial charge in [-0.2, -0.15) is 0 Å². The summed E-state index contributed by atoms with van der Waals surface area (Å²) in [6.45, 7) is 3.10. The maximum atomic E-state index is 12.9. The summed E-state index contributed by atoms with van der Waals surface area (Å²) >= 11 is 1.57. The highest BCUT2D eigenvalue weighted by molar-refractivity contribution is 7.09. The average Bonchev–Trinajstić information content (AvgIpc) is 3.08. The highest BCUT2D eigenvalue weighted by atomic mass is 32.1. The van der Waals surface area contributed by atoms with E-state index in [4.69, 9.17) is 0 Å². The molecule has 0 fully saturated rings. The maximum absolute atomic E-state index is 12.9. The third-order valence-corrected chi connectivity index (χ3v) is 4.34. The minimum absolute atomic E-state index is 0.0350. The van der Waals surface area contributed by atoms with Gasteiger partial charge in [-0.05, 0) is 24.6 Å². The number of carbonyl (C=O) groups is 1. The van der Waals surface area contributed by atoms with Gasteiger partial charge >= 0.3 is 0 Å². The predicted molar refractivity (Wildman–Crippen MR) is 93.3 cm³/mol. The maximum Gasteiger partial charge on any atom is 0.254 e. The molecule has 23 heavy (non-hydrogen) atoms. The number of hydrogen-bond acceptors (Lipinski definition) is 3. The molecule has 0 atom stereocenters. The lowest BCUT2D eigenvalue weighted by Gasteiger charge is -2.22. The minimum atomic E-state index is 0.0350. The van der Waals surface area contributed by atoms with Crippen LogP contribution in [0.2, 0.25) is 0 Å². The fraction of sp³-hybridized carbons (Fsp3) is 0.158. The molecule has 3 rings (SSSR count). The predicted octanol–water partition coefficient (Wildman–Crippen LogP) is 4.29. The van der Waals surface area contributed by atoms with Crippen molar-refractivity contribution in [3.05, 3.63) is 87.9 Å². The second-order valence-corrected chi connectivity index (χ2v) is 6.42. The lowest BCUT2D eigenvalue weighted by Crippen LogP contribution is -2.30. The Bertz CT molecular complexity index is 769. The number of benzene rings is 2. The molecule has 3 nitrogen and oxygen atoms in total. The van der Waals surface area contributed by atoms with Crippen LogP contribution in [-0.4, -0.2) is 15.8 Å². The van der Waals surface area contributed by atoms with Gasteiger partial charge < -0.3 is 4.90 Å².